The van der Waals surface area contributed by atoms with Gasteiger partial charge in [0.05, 0.1) is 0 Å². The average Bonchev–Trinajstić information content (AvgIpc) is 2.28. The van der Waals surface area contributed by atoms with Crippen molar-refractivity contribution in [2.24, 2.45) is 5.73 Å². The van der Waals surface area contributed by atoms with Crippen LogP contribution in [0.25, 0.3) is 0 Å². The molecule has 3 heteroatoms. The second kappa shape index (κ2) is 6.16. The fourth-order valence-corrected chi connectivity index (χ4v) is 2.54. The molecule has 0 amide bonds. The monoisotopic (exact) mass is 238 g/mol. The Kier molecular flexibility index (Phi) is 5.16. The molecule has 0 aliphatic rings. The molecule has 0 heterocycles. The van der Waals surface area contributed by atoms with Crippen molar-refractivity contribution < 1.29 is 0 Å². The maximum Gasteiger partial charge on any atom is 0.0396 e. The molecule has 2 N–H and O–H groups in total. The van der Waals surface area contributed by atoms with E-state index in [0.29, 0.717) is 12.6 Å². The number of anilines is 1. The summed E-state index contributed by atoms with van der Waals surface area (Å²) in [4.78, 5) is 2.34. The van der Waals surface area contributed by atoms with Crippen molar-refractivity contribution >= 4 is 17.4 Å². The number of nitrogens with zero attached hydrogens (tertiary/aromatic N) is 1. The zero-order chi connectivity index (χ0) is 12.1. The Morgan fingerprint density at radius 3 is 2.62 bits per heavy atom. The summed E-state index contributed by atoms with van der Waals surface area (Å²) in [5.41, 5.74) is 9.45. The van der Waals surface area contributed by atoms with E-state index in [2.05, 4.69) is 50.2 Å². The molecule has 0 saturated carbocycles. The maximum absolute atomic E-state index is 5.64. The second-order valence-corrected chi connectivity index (χ2v) is 5.15. The first-order valence-electron chi connectivity index (χ1n) is 5.61. The first-order chi connectivity index (χ1) is 7.60. The SMILES string of the molecule is CSCC(C)N(C)c1ccc(CN)cc1C. The Morgan fingerprint density at radius 1 is 1.44 bits per heavy atom. The van der Waals surface area contributed by atoms with E-state index in [1.54, 1.807) is 0 Å². The Morgan fingerprint density at radius 2 is 2.12 bits per heavy atom. The molecule has 0 aliphatic heterocycles. The van der Waals surface area contributed by atoms with Crippen LogP contribution in [0.2, 0.25) is 0 Å². The number of rotatable bonds is 5. The zero-order valence-electron chi connectivity index (χ0n) is 10.7. The van der Waals surface area contributed by atoms with Gasteiger partial charge in [0.2, 0.25) is 0 Å². The van der Waals surface area contributed by atoms with Crippen LogP contribution in [0.1, 0.15) is 18.1 Å². The highest BCUT2D eigenvalue weighted by Crippen LogP contribution is 2.22. The van der Waals surface area contributed by atoms with Gasteiger partial charge in [-0.15, -0.1) is 0 Å². The fraction of sp³-hybridized carbons (Fsp3) is 0.538. The average molecular weight is 238 g/mol. The van der Waals surface area contributed by atoms with Crippen LogP contribution in [-0.4, -0.2) is 25.1 Å². The van der Waals surface area contributed by atoms with Crippen molar-refractivity contribution in [2.45, 2.75) is 26.4 Å². The Bertz CT molecular complexity index is 339. The normalized spacial score (nSPS) is 12.6. The van der Waals surface area contributed by atoms with Crippen LogP contribution in [0.15, 0.2) is 18.2 Å². The van der Waals surface area contributed by atoms with E-state index >= 15 is 0 Å². The molecule has 1 atom stereocenters. The molecule has 0 fully saturated rings. The van der Waals surface area contributed by atoms with Gasteiger partial charge in [-0.2, -0.15) is 11.8 Å². The Balaban J connectivity index is 2.87. The number of nitrogens with two attached hydrogens (primary N) is 1. The van der Waals surface area contributed by atoms with Crippen LogP contribution >= 0.6 is 11.8 Å². The van der Waals surface area contributed by atoms with Crippen molar-refractivity contribution in [2.75, 3.05) is 24.0 Å². The van der Waals surface area contributed by atoms with E-state index in [1.807, 2.05) is 11.8 Å². The summed E-state index contributed by atoms with van der Waals surface area (Å²) in [6.45, 7) is 5.02. The smallest absolute Gasteiger partial charge is 0.0396 e. The van der Waals surface area contributed by atoms with E-state index < -0.39 is 0 Å². The molecule has 0 saturated heterocycles. The highest BCUT2D eigenvalue weighted by molar-refractivity contribution is 7.98. The molecule has 90 valence electrons. The molecular formula is C13H22N2S. The number of benzene rings is 1. The molecule has 0 aliphatic carbocycles. The fourth-order valence-electron chi connectivity index (χ4n) is 1.83. The minimum absolute atomic E-state index is 0.553. The van der Waals surface area contributed by atoms with Gasteiger partial charge < -0.3 is 10.6 Å². The quantitative estimate of drug-likeness (QED) is 0.855. The van der Waals surface area contributed by atoms with Gasteiger partial charge in [0.15, 0.2) is 0 Å². The Labute approximate surface area is 103 Å². The van der Waals surface area contributed by atoms with Crippen LogP contribution in [-0.2, 0) is 6.54 Å². The third-order valence-electron chi connectivity index (χ3n) is 2.95. The van der Waals surface area contributed by atoms with Crippen molar-refractivity contribution in [1.29, 1.82) is 0 Å². The standard InChI is InChI=1S/C13H22N2S/c1-10-7-12(8-14)5-6-13(10)15(3)11(2)9-16-4/h5-7,11H,8-9,14H2,1-4H3. The molecule has 2 nitrogen and oxygen atoms in total. The topological polar surface area (TPSA) is 29.3 Å². The number of hydrogen-bond donors (Lipinski definition) is 1. The molecule has 1 aromatic carbocycles. The Hall–Kier alpha value is -0.670. The van der Waals surface area contributed by atoms with E-state index in [9.17, 15) is 0 Å². The van der Waals surface area contributed by atoms with Crippen LogP contribution in [0.4, 0.5) is 5.69 Å². The molecule has 0 radical (unpaired) electrons. The highest BCUT2D eigenvalue weighted by atomic mass is 32.2. The summed E-state index contributed by atoms with van der Waals surface area (Å²) in [6, 6.07) is 7.02. The van der Waals surface area contributed by atoms with E-state index in [1.165, 1.54) is 16.8 Å². The minimum atomic E-state index is 0.553. The summed E-state index contributed by atoms with van der Waals surface area (Å²) in [5.74, 6) is 1.15. The van der Waals surface area contributed by atoms with Gasteiger partial charge >= 0.3 is 0 Å². The number of thioether (sulfide) groups is 1. The summed E-state index contributed by atoms with van der Waals surface area (Å²) in [7, 11) is 2.16. The van der Waals surface area contributed by atoms with E-state index in [-0.39, 0.29) is 0 Å². The largest absolute Gasteiger partial charge is 0.371 e. The summed E-state index contributed by atoms with van der Waals surface area (Å²) in [6.07, 6.45) is 2.15. The zero-order valence-corrected chi connectivity index (χ0v) is 11.5. The lowest BCUT2D eigenvalue weighted by atomic mass is 10.1. The first-order valence-corrected chi connectivity index (χ1v) is 7.01. The molecular weight excluding hydrogens is 216 g/mol. The van der Waals surface area contributed by atoms with Gasteiger partial charge in [0, 0.05) is 31.1 Å². The molecule has 0 bridgehead atoms. The van der Waals surface area contributed by atoms with Crippen LogP contribution in [0, 0.1) is 6.92 Å². The molecule has 1 aromatic rings. The molecule has 16 heavy (non-hydrogen) atoms. The van der Waals surface area contributed by atoms with Crippen molar-refractivity contribution in [1.82, 2.24) is 0 Å². The van der Waals surface area contributed by atoms with Gasteiger partial charge in [0.1, 0.15) is 0 Å². The lowest BCUT2D eigenvalue weighted by molar-refractivity contribution is 0.762. The van der Waals surface area contributed by atoms with E-state index in [4.69, 9.17) is 5.73 Å². The summed E-state index contributed by atoms with van der Waals surface area (Å²) in [5, 5.41) is 0. The van der Waals surface area contributed by atoms with Crippen molar-refractivity contribution in [3.8, 4) is 0 Å². The minimum Gasteiger partial charge on any atom is -0.371 e. The third kappa shape index (κ3) is 3.16. The van der Waals surface area contributed by atoms with Crippen molar-refractivity contribution in [3.63, 3.8) is 0 Å². The summed E-state index contributed by atoms with van der Waals surface area (Å²) < 4.78 is 0. The third-order valence-corrected chi connectivity index (χ3v) is 3.76. The highest BCUT2D eigenvalue weighted by Gasteiger charge is 2.11. The first kappa shape index (κ1) is 13.4. The number of hydrogen-bond acceptors (Lipinski definition) is 3. The molecule has 0 spiro atoms. The second-order valence-electron chi connectivity index (χ2n) is 4.24. The molecule has 1 unspecified atom stereocenters. The lowest BCUT2D eigenvalue weighted by Crippen LogP contribution is -2.31. The van der Waals surface area contributed by atoms with Gasteiger partial charge in [-0.05, 0) is 37.3 Å². The van der Waals surface area contributed by atoms with Crippen LogP contribution in [0.5, 0.6) is 0 Å². The van der Waals surface area contributed by atoms with Gasteiger partial charge in [-0.1, -0.05) is 12.1 Å². The van der Waals surface area contributed by atoms with Gasteiger partial charge in [-0.25, -0.2) is 0 Å². The van der Waals surface area contributed by atoms with Gasteiger partial charge in [-0.3, -0.25) is 0 Å². The van der Waals surface area contributed by atoms with Crippen LogP contribution < -0.4 is 10.6 Å². The number of aryl methyl sites for hydroxylation is 1. The summed E-state index contributed by atoms with van der Waals surface area (Å²) >= 11 is 1.88. The lowest BCUT2D eigenvalue weighted by Gasteiger charge is -2.28. The van der Waals surface area contributed by atoms with E-state index in [0.717, 1.165) is 5.75 Å². The molecule has 1 rings (SSSR count). The van der Waals surface area contributed by atoms with Gasteiger partial charge in [0.25, 0.3) is 0 Å². The predicted octanol–water partition coefficient (Wildman–Crippen LogP) is 2.64. The molecule has 0 aromatic heterocycles. The predicted molar refractivity (Wildman–Crippen MR) is 75.3 cm³/mol. The van der Waals surface area contributed by atoms with Crippen molar-refractivity contribution in [3.05, 3.63) is 29.3 Å². The maximum atomic E-state index is 5.64. The van der Waals surface area contributed by atoms with Crippen LogP contribution in [0.3, 0.4) is 0 Å².